The van der Waals surface area contributed by atoms with Crippen LogP contribution in [0.15, 0.2) is 40.5 Å². The maximum Gasteiger partial charge on any atom is 0.232 e. The third-order valence-corrected chi connectivity index (χ3v) is 4.75. The number of halogens is 1. The lowest BCUT2D eigenvalue weighted by Crippen LogP contribution is -2.27. The molecule has 0 aromatic heterocycles. The average molecular weight is 306 g/mol. The molecule has 2 nitrogen and oxygen atoms in total. The molecule has 1 fully saturated rings. The molecule has 0 saturated carbocycles. The largest absolute Gasteiger partial charge is 0.283 e. The minimum atomic E-state index is 0.0179. The first-order valence-electron chi connectivity index (χ1n) is 6.39. The monoisotopic (exact) mass is 305 g/mol. The zero-order chi connectivity index (χ0) is 12.8. The lowest BCUT2D eigenvalue weighted by Gasteiger charge is -2.33. The van der Waals surface area contributed by atoms with Gasteiger partial charge < -0.3 is 0 Å². The van der Waals surface area contributed by atoms with Crippen LogP contribution in [0.1, 0.15) is 32.6 Å². The number of allylic oxidation sites excluding steroid dienone is 2. The standard InChI is InChI=1S/C15H16BrNO/c1-15-9-5-8-12(16)14(15)17(13(18)10-15)11-6-3-2-4-7-11/h2-4,6-7H,5,8-10H2,1H3. The quantitative estimate of drug-likeness (QED) is 0.760. The van der Waals surface area contributed by atoms with Crippen molar-refractivity contribution in [2.75, 3.05) is 4.90 Å². The van der Waals surface area contributed by atoms with Gasteiger partial charge in [-0.2, -0.15) is 0 Å². The fourth-order valence-corrected chi connectivity index (χ4v) is 4.09. The van der Waals surface area contributed by atoms with Gasteiger partial charge >= 0.3 is 0 Å². The molecule has 1 saturated heterocycles. The minimum absolute atomic E-state index is 0.0179. The van der Waals surface area contributed by atoms with Crippen LogP contribution in [0.2, 0.25) is 0 Å². The number of anilines is 1. The number of benzene rings is 1. The Morgan fingerprint density at radius 1 is 1.28 bits per heavy atom. The summed E-state index contributed by atoms with van der Waals surface area (Å²) in [5.41, 5.74) is 2.19. The van der Waals surface area contributed by atoms with E-state index in [4.69, 9.17) is 0 Å². The molecular weight excluding hydrogens is 290 g/mol. The number of rotatable bonds is 1. The number of para-hydroxylation sites is 1. The second-order valence-corrected chi connectivity index (χ2v) is 6.37. The smallest absolute Gasteiger partial charge is 0.232 e. The van der Waals surface area contributed by atoms with Crippen LogP contribution in [-0.4, -0.2) is 5.91 Å². The van der Waals surface area contributed by atoms with Gasteiger partial charge in [-0.15, -0.1) is 0 Å². The van der Waals surface area contributed by atoms with Crippen molar-refractivity contribution in [3.8, 4) is 0 Å². The number of carbonyl (C=O) groups excluding carboxylic acids is 1. The van der Waals surface area contributed by atoms with Crippen molar-refractivity contribution in [1.29, 1.82) is 0 Å². The molecule has 3 rings (SSSR count). The van der Waals surface area contributed by atoms with E-state index >= 15 is 0 Å². The van der Waals surface area contributed by atoms with Crippen LogP contribution in [0.5, 0.6) is 0 Å². The van der Waals surface area contributed by atoms with Crippen LogP contribution >= 0.6 is 15.9 Å². The van der Waals surface area contributed by atoms with Gasteiger partial charge in [-0.25, -0.2) is 0 Å². The lowest BCUT2D eigenvalue weighted by molar-refractivity contribution is -0.117. The Hall–Kier alpha value is -1.09. The van der Waals surface area contributed by atoms with Crippen molar-refractivity contribution in [1.82, 2.24) is 0 Å². The molecular formula is C15H16BrNO. The van der Waals surface area contributed by atoms with Gasteiger partial charge in [0.05, 0.1) is 0 Å². The predicted molar refractivity (Wildman–Crippen MR) is 76.5 cm³/mol. The lowest BCUT2D eigenvalue weighted by atomic mass is 9.77. The van der Waals surface area contributed by atoms with Crippen LogP contribution in [0.3, 0.4) is 0 Å². The first-order valence-corrected chi connectivity index (χ1v) is 7.18. The number of carbonyl (C=O) groups is 1. The number of hydrogen-bond donors (Lipinski definition) is 0. The van der Waals surface area contributed by atoms with Crippen LogP contribution in [0.4, 0.5) is 5.69 Å². The molecule has 0 radical (unpaired) electrons. The molecule has 1 atom stereocenters. The van der Waals surface area contributed by atoms with Crippen molar-refractivity contribution in [3.63, 3.8) is 0 Å². The van der Waals surface area contributed by atoms with Crippen molar-refractivity contribution in [2.45, 2.75) is 32.6 Å². The molecule has 1 amide bonds. The van der Waals surface area contributed by atoms with E-state index < -0.39 is 0 Å². The topological polar surface area (TPSA) is 20.3 Å². The van der Waals surface area contributed by atoms with Crippen LogP contribution in [0.25, 0.3) is 0 Å². The zero-order valence-electron chi connectivity index (χ0n) is 10.4. The highest BCUT2D eigenvalue weighted by Crippen LogP contribution is 2.52. The Balaban J connectivity index is 2.13. The van der Waals surface area contributed by atoms with Crippen LogP contribution in [-0.2, 0) is 4.79 Å². The molecule has 2 aliphatic rings. The van der Waals surface area contributed by atoms with E-state index in [0.717, 1.165) is 24.9 Å². The molecule has 3 heteroatoms. The number of amides is 1. The summed E-state index contributed by atoms with van der Waals surface area (Å²) in [6.07, 6.45) is 3.94. The number of nitrogens with zero attached hydrogens (tertiary/aromatic N) is 1. The summed E-state index contributed by atoms with van der Waals surface area (Å²) < 4.78 is 1.20. The zero-order valence-corrected chi connectivity index (χ0v) is 12.0. The maximum absolute atomic E-state index is 12.4. The van der Waals surface area contributed by atoms with Gasteiger partial charge in [0.1, 0.15) is 0 Å². The predicted octanol–water partition coefficient (Wildman–Crippen LogP) is 4.22. The van der Waals surface area contributed by atoms with E-state index in [-0.39, 0.29) is 11.3 Å². The Morgan fingerprint density at radius 2 is 2.00 bits per heavy atom. The van der Waals surface area contributed by atoms with E-state index in [1.54, 1.807) is 0 Å². The maximum atomic E-state index is 12.4. The summed E-state index contributed by atoms with van der Waals surface area (Å²) in [5.74, 6) is 0.220. The fourth-order valence-electron chi connectivity index (χ4n) is 3.15. The third kappa shape index (κ3) is 1.72. The molecule has 0 spiro atoms. The summed E-state index contributed by atoms with van der Waals surface area (Å²) in [7, 11) is 0. The van der Waals surface area contributed by atoms with Crippen molar-refractivity contribution < 1.29 is 4.79 Å². The van der Waals surface area contributed by atoms with Crippen LogP contribution in [0, 0.1) is 5.41 Å². The summed E-state index contributed by atoms with van der Waals surface area (Å²) in [6, 6.07) is 9.95. The molecule has 94 valence electrons. The molecule has 0 bridgehead atoms. The highest BCUT2D eigenvalue weighted by molar-refractivity contribution is 9.11. The minimum Gasteiger partial charge on any atom is -0.283 e. The molecule has 1 aliphatic heterocycles. The summed E-state index contributed by atoms with van der Waals surface area (Å²) in [4.78, 5) is 14.3. The van der Waals surface area contributed by atoms with Gasteiger partial charge in [0.2, 0.25) is 5.91 Å². The molecule has 1 heterocycles. The molecule has 1 aromatic carbocycles. The number of fused-ring (bicyclic) bond motifs is 1. The van der Waals surface area contributed by atoms with Crippen molar-refractivity contribution in [3.05, 3.63) is 40.5 Å². The van der Waals surface area contributed by atoms with E-state index in [0.29, 0.717) is 6.42 Å². The highest BCUT2D eigenvalue weighted by atomic mass is 79.9. The van der Waals surface area contributed by atoms with E-state index in [2.05, 4.69) is 22.9 Å². The van der Waals surface area contributed by atoms with Gasteiger partial charge in [-0.1, -0.05) is 41.1 Å². The number of hydrogen-bond acceptors (Lipinski definition) is 1. The molecule has 1 aromatic rings. The Kier molecular flexibility index (Phi) is 2.81. The molecule has 1 aliphatic carbocycles. The molecule has 18 heavy (non-hydrogen) atoms. The fraction of sp³-hybridized carbons (Fsp3) is 0.400. The third-order valence-electron chi connectivity index (χ3n) is 3.98. The molecule has 1 unspecified atom stereocenters. The first-order chi connectivity index (χ1) is 8.62. The Bertz CT molecular complexity index is 523. The van der Waals surface area contributed by atoms with E-state index in [1.807, 2.05) is 35.2 Å². The van der Waals surface area contributed by atoms with Crippen molar-refractivity contribution >= 4 is 27.5 Å². The van der Waals surface area contributed by atoms with Crippen molar-refractivity contribution in [2.24, 2.45) is 5.41 Å². The average Bonchev–Trinajstić information content (AvgIpc) is 2.62. The van der Waals surface area contributed by atoms with E-state index in [9.17, 15) is 4.79 Å². The second kappa shape index (κ2) is 4.23. The second-order valence-electron chi connectivity index (χ2n) is 5.41. The van der Waals surface area contributed by atoms with Gasteiger partial charge in [0.25, 0.3) is 0 Å². The van der Waals surface area contributed by atoms with Gasteiger partial charge in [-0.05, 0) is 31.4 Å². The first kappa shape index (κ1) is 12.0. The van der Waals surface area contributed by atoms with Gasteiger partial charge in [0.15, 0.2) is 0 Å². The summed E-state index contributed by atoms with van der Waals surface area (Å²) in [5, 5.41) is 0. The SMILES string of the molecule is CC12CCCC(Br)=C1N(c1ccccc1)C(=O)C2. The Labute approximate surface area is 116 Å². The summed E-state index contributed by atoms with van der Waals surface area (Å²) >= 11 is 3.68. The highest BCUT2D eigenvalue weighted by Gasteiger charge is 2.47. The Morgan fingerprint density at radius 3 is 2.72 bits per heavy atom. The summed E-state index contributed by atoms with van der Waals surface area (Å²) in [6.45, 7) is 2.21. The van der Waals surface area contributed by atoms with E-state index in [1.165, 1.54) is 10.2 Å². The molecule has 0 N–H and O–H groups in total. The normalized spacial score (nSPS) is 27.7. The van der Waals surface area contributed by atoms with Gasteiger partial charge in [0, 0.05) is 27.7 Å². The van der Waals surface area contributed by atoms with Crippen LogP contribution < -0.4 is 4.90 Å². The van der Waals surface area contributed by atoms with Gasteiger partial charge in [-0.3, -0.25) is 9.69 Å².